The van der Waals surface area contributed by atoms with Gasteiger partial charge in [0.2, 0.25) is 82.7 Å². The van der Waals surface area contributed by atoms with E-state index < -0.39 is 217 Å². The number of para-hydroxylation sites is 1. The largest absolute Gasteiger partial charge is 0.481 e. The number of carbonyl (C=O) groups excluding carboxylic acids is 14. The van der Waals surface area contributed by atoms with Crippen molar-refractivity contribution in [3.63, 3.8) is 0 Å². The number of aromatic amines is 3. The second kappa shape index (κ2) is 43.1. The molecule has 592 valence electrons. The van der Waals surface area contributed by atoms with E-state index in [1.807, 2.05) is 0 Å². The first-order chi connectivity index (χ1) is 51.1. The lowest BCUT2D eigenvalue weighted by molar-refractivity contribution is -0.141. The number of fused-ring (bicyclic) bond motifs is 1. The van der Waals surface area contributed by atoms with E-state index >= 15 is 0 Å². The SMILES string of the molecule is CC[C@H](C)[C@H](N)C(=O)NC1CSSC[C@@H](C(=O)N[C@H](C(N)=O)[C@@H](C)O)NC(=O)[C@H](CCCN=C(N)N)NC(=O)[C@H](Cc2cnc[nH]2)NC(=O)[C@H](Cc2cnc[nH]2)NC(=O)CNC(=O)[C@H](Cc2c[nH]c3ccccc23)NC(=O)[C@H](CC(=O)O)NC(=O)[C@H](CCC(N)=O)NC(=O)[C@H](C(C)C)NC(=O)[C@H](C(C)C)NC1=O. The Kier molecular flexibility index (Phi) is 35.0. The van der Waals surface area contributed by atoms with Crippen molar-refractivity contribution in [3.05, 3.63) is 72.5 Å². The first-order valence-electron chi connectivity index (χ1n) is 34.7. The molecule has 27 N–H and O–H groups in total. The van der Waals surface area contributed by atoms with Crippen molar-refractivity contribution in [1.29, 1.82) is 0 Å². The van der Waals surface area contributed by atoms with Crippen LogP contribution in [-0.4, -0.2) is 233 Å². The van der Waals surface area contributed by atoms with E-state index in [4.69, 9.17) is 28.7 Å². The van der Waals surface area contributed by atoms with Gasteiger partial charge in [-0.05, 0) is 55.6 Å². The number of imidazole rings is 2. The van der Waals surface area contributed by atoms with Gasteiger partial charge < -0.3 is 118 Å². The van der Waals surface area contributed by atoms with Crippen LogP contribution in [-0.2, 0) is 91.2 Å². The first kappa shape index (κ1) is 87.8. The van der Waals surface area contributed by atoms with Gasteiger partial charge >= 0.3 is 5.97 Å². The third-order valence-corrected chi connectivity index (χ3v) is 19.7. The van der Waals surface area contributed by atoms with Gasteiger partial charge in [0.1, 0.15) is 66.5 Å². The molecule has 108 heavy (non-hydrogen) atoms. The Morgan fingerprint density at radius 1 is 0.620 bits per heavy atom. The monoisotopic (exact) mass is 1550 g/mol. The van der Waals surface area contributed by atoms with Crippen molar-refractivity contribution in [2.45, 2.75) is 185 Å². The van der Waals surface area contributed by atoms with Crippen LogP contribution in [0.2, 0.25) is 0 Å². The number of primary amides is 2. The Labute approximate surface area is 628 Å². The smallest absolute Gasteiger partial charge is 0.305 e. The number of hydrogen-bond donors (Lipinski definition) is 22. The molecule has 1 aromatic carbocycles. The Hall–Kier alpha value is -10.9. The van der Waals surface area contributed by atoms with Crippen molar-refractivity contribution in [2.24, 2.45) is 51.4 Å². The molecule has 1 unspecified atom stereocenters. The van der Waals surface area contributed by atoms with Crippen LogP contribution in [0, 0.1) is 17.8 Å². The van der Waals surface area contributed by atoms with Crippen LogP contribution in [0.15, 0.2) is 60.5 Å². The number of guanidine groups is 1. The van der Waals surface area contributed by atoms with Gasteiger partial charge in [-0.1, -0.05) is 87.8 Å². The van der Waals surface area contributed by atoms with Gasteiger partial charge in [-0.3, -0.25) is 76.9 Å². The lowest BCUT2D eigenvalue weighted by Gasteiger charge is -2.30. The zero-order valence-corrected chi connectivity index (χ0v) is 62.3. The highest BCUT2D eigenvalue weighted by Crippen LogP contribution is 2.25. The molecule has 1 fully saturated rings. The van der Waals surface area contributed by atoms with Crippen molar-refractivity contribution in [1.82, 2.24) is 88.7 Å². The fourth-order valence-corrected chi connectivity index (χ4v) is 13.2. The number of aromatic nitrogens is 5. The number of hydrogen-bond acceptors (Lipinski definition) is 22. The summed E-state index contributed by atoms with van der Waals surface area (Å²) in [5.41, 5.74) is 30.2. The summed E-state index contributed by atoms with van der Waals surface area (Å²) in [5, 5.41) is 51.4. The van der Waals surface area contributed by atoms with Crippen molar-refractivity contribution < 1.29 is 82.1 Å². The molecule has 42 heteroatoms. The first-order valence-corrected chi connectivity index (χ1v) is 37.2. The van der Waals surface area contributed by atoms with Crippen LogP contribution in [0.4, 0.5) is 0 Å². The topological polar surface area (TPSA) is 656 Å². The second-order valence-corrected chi connectivity index (χ2v) is 29.1. The summed E-state index contributed by atoms with van der Waals surface area (Å²) in [6.45, 7) is 9.74. The summed E-state index contributed by atoms with van der Waals surface area (Å²) in [6, 6.07) is -12.7. The molecule has 0 radical (unpaired) electrons. The third kappa shape index (κ3) is 28.1. The van der Waals surface area contributed by atoms with Gasteiger partial charge in [0, 0.05) is 84.6 Å². The minimum Gasteiger partial charge on any atom is -0.481 e. The molecule has 0 bridgehead atoms. The summed E-state index contributed by atoms with van der Waals surface area (Å²) in [6.07, 6.45) is 2.04. The fraction of sp³-hybridized carbons (Fsp3) is 0.545. The molecule has 0 saturated carbocycles. The lowest BCUT2D eigenvalue weighted by Crippen LogP contribution is -2.62. The van der Waals surface area contributed by atoms with E-state index in [9.17, 15) is 82.1 Å². The van der Waals surface area contributed by atoms with Gasteiger partial charge in [-0.25, -0.2) is 9.97 Å². The highest BCUT2D eigenvalue weighted by atomic mass is 33.1. The van der Waals surface area contributed by atoms with Crippen LogP contribution < -0.4 is 92.5 Å². The Balaban J connectivity index is 1.66. The Morgan fingerprint density at radius 2 is 1.14 bits per heavy atom. The van der Waals surface area contributed by atoms with E-state index in [1.165, 1.54) is 45.1 Å². The molecule has 14 amide bonds. The minimum absolute atomic E-state index is 0.0154. The molecule has 1 saturated heterocycles. The number of aliphatic imine (C=N–C) groups is 1. The van der Waals surface area contributed by atoms with Crippen molar-refractivity contribution in [3.8, 4) is 0 Å². The fourth-order valence-electron chi connectivity index (χ4n) is 10.9. The minimum atomic E-state index is -2.04. The molecule has 0 spiro atoms. The van der Waals surface area contributed by atoms with Gasteiger partial charge in [-0.15, -0.1) is 0 Å². The molecule has 5 rings (SSSR count). The molecular weight excluding hydrogens is 1450 g/mol. The molecule has 4 heterocycles. The number of rotatable bonds is 25. The zero-order valence-electron chi connectivity index (χ0n) is 60.7. The molecule has 3 aromatic heterocycles. The third-order valence-electron chi connectivity index (χ3n) is 17.3. The number of amides is 14. The molecule has 0 aliphatic carbocycles. The van der Waals surface area contributed by atoms with E-state index in [1.54, 1.807) is 52.0 Å². The number of nitrogens with two attached hydrogens (primary N) is 5. The number of aliphatic hydroxyl groups is 1. The molecule has 4 aromatic rings. The predicted molar refractivity (Wildman–Crippen MR) is 394 cm³/mol. The molecule has 14 atom stereocenters. The van der Waals surface area contributed by atoms with Crippen molar-refractivity contribution in [2.75, 3.05) is 24.6 Å². The Morgan fingerprint density at radius 3 is 1.69 bits per heavy atom. The number of H-pyrrole nitrogens is 3. The maximum absolute atomic E-state index is 14.9. The van der Waals surface area contributed by atoms with Crippen LogP contribution in [0.1, 0.15) is 104 Å². The highest BCUT2D eigenvalue weighted by molar-refractivity contribution is 8.76. The zero-order chi connectivity index (χ0) is 80.1. The summed E-state index contributed by atoms with van der Waals surface area (Å²) in [4.78, 5) is 232. The molecule has 40 nitrogen and oxygen atoms in total. The number of carboxylic acid groups (broad SMARTS) is 1. The van der Waals surface area contributed by atoms with Crippen LogP contribution in [0.5, 0.6) is 0 Å². The maximum Gasteiger partial charge on any atom is 0.305 e. The number of carbonyl (C=O) groups is 15. The predicted octanol–water partition coefficient (Wildman–Crippen LogP) is -6.17. The van der Waals surface area contributed by atoms with Gasteiger partial charge in [0.05, 0.1) is 37.8 Å². The normalized spacial score (nSPS) is 23.2. The van der Waals surface area contributed by atoms with E-state index in [-0.39, 0.29) is 61.7 Å². The number of nitrogens with one attached hydrogen (secondary N) is 15. The van der Waals surface area contributed by atoms with E-state index in [0.717, 1.165) is 28.5 Å². The standard InChI is InChI=1S/C66H99N23O17S2/c1-8-32(6)50(68)63(104)86-46-27-108-107-26-45(62(103)89-53(33(7)90)54(69)95)85-56(97)39(14-11-17-74-66(70)71)80-59(100)43(20-36-24-73-29-78-36)83-58(99)42(19-35-23-72-28-77-35)79-48(92)25-76-55(96)41(18-34-22-75-38-13-10-9-12-37(34)38)82-60(101)44(21-49(93)94)84-57(98)40(15-16-47(67)91)81-64(105)51(30(2)3)88-65(106)52(31(4)5)87-61(46)102/h9-10,12-13,22-24,28-33,39-46,50-53,75,90H,8,11,14-21,25-27,68H2,1-7H3,(H2,67,91)(H2,69,95)(H,72,77)(H,73,78)(H,76,96)(H,79,92)(H,80,100)(H,81,105)(H,82,101)(H,83,99)(H,84,98)(H,85,97)(H,86,104)(H,87,102)(H,88,106)(H,89,103)(H,93,94)(H4,70,71,74)/t32-,33+,39-,40-,41-,42-,43-,44-,45-,46?,50-,51-,52-,53-/m0/s1. The summed E-state index contributed by atoms with van der Waals surface area (Å²) in [5.74, 6) is -19.4. The summed E-state index contributed by atoms with van der Waals surface area (Å²) in [7, 11) is 1.71. The van der Waals surface area contributed by atoms with Gasteiger partial charge in [0.15, 0.2) is 5.96 Å². The summed E-state index contributed by atoms with van der Waals surface area (Å²) >= 11 is 0. The van der Waals surface area contributed by atoms with Gasteiger partial charge in [0.25, 0.3) is 0 Å². The average Bonchev–Trinajstić information content (AvgIpc) is 1.65. The second-order valence-electron chi connectivity index (χ2n) is 26.5. The lowest BCUT2D eigenvalue weighted by atomic mass is 9.98. The number of aliphatic hydroxyl groups excluding tert-OH is 1. The van der Waals surface area contributed by atoms with Gasteiger partial charge in [-0.2, -0.15) is 0 Å². The summed E-state index contributed by atoms with van der Waals surface area (Å²) < 4.78 is 0. The molecule has 1 aliphatic heterocycles. The molecular formula is C66H99N23O17S2. The highest BCUT2D eigenvalue weighted by Gasteiger charge is 2.39. The average molecular weight is 1550 g/mol. The van der Waals surface area contributed by atoms with Crippen LogP contribution >= 0.6 is 21.6 Å². The quantitative estimate of drug-likeness (QED) is 0.0127. The van der Waals surface area contributed by atoms with Crippen LogP contribution in [0.3, 0.4) is 0 Å². The van der Waals surface area contributed by atoms with E-state index in [0.29, 0.717) is 22.9 Å². The maximum atomic E-state index is 14.9. The van der Waals surface area contributed by atoms with Crippen LogP contribution in [0.25, 0.3) is 10.9 Å². The van der Waals surface area contributed by atoms with E-state index in [2.05, 4.69) is 93.7 Å². The number of carboxylic acids is 1. The van der Waals surface area contributed by atoms with Crippen molar-refractivity contribution >= 4 is 127 Å². The number of aliphatic carboxylic acids is 1. The number of nitrogens with zero attached hydrogens (tertiary/aromatic N) is 3. The molecule has 1 aliphatic rings. The Bertz CT molecular complexity index is 3820. The number of benzene rings is 1.